The Balaban J connectivity index is 1.89. The predicted molar refractivity (Wildman–Crippen MR) is 93.7 cm³/mol. The molecule has 4 heteroatoms. The first-order valence-corrected chi connectivity index (χ1v) is 8.41. The van der Waals surface area contributed by atoms with Gasteiger partial charge < -0.3 is 15.5 Å². The van der Waals surface area contributed by atoms with Crippen LogP contribution in [0.3, 0.4) is 0 Å². The van der Waals surface area contributed by atoms with Crippen LogP contribution in [0, 0.1) is 0 Å². The third-order valence-corrected chi connectivity index (χ3v) is 4.45. The van der Waals surface area contributed by atoms with Crippen LogP contribution in [0.2, 0.25) is 5.02 Å². The van der Waals surface area contributed by atoms with Crippen molar-refractivity contribution < 1.29 is 0 Å². The van der Waals surface area contributed by atoms with E-state index in [1.165, 1.54) is 32.2 Å². The van der Waals surface area contributed by atoms with Crippen LogP contribution in [0.25, 0.3) is 0 Å². The molecule has 1 saturated heterocycles. The Kier molecular flexibility index (Phi) is 6.19. The second kappa shape index (κ2) is 7.90. The quantitative estimate of drug-likeness (QED) is 0.856. The summed E-state index contributed by atoms with van der Waals surface area (Å²) >= 11 is 6.33. The summed E-state index contributed by atoms with van der Waals surface area (Å²) in [6.07, 6.45) is 6.50. The number of benzene rings is 1. The molecule has 0 radical (unpaired) electrons. The maximum atomic E-state index is 6.33. The summed E-state index contributed by atoms with van der Waals surface area (Å²) in [5.41, 5.74) is 2.16. The molecule has 21 heavy (non-hydrogen) atoms. The summed E-state index contributed by atoms with van der Waals surface area (Å²) < 4.78 is 0. The van der Waals surface area contributed by atoms with E-state index in [2.05, 4.69) is 29.7 Å². The molecular formula is C17H28ClN3. The Hall–Kier alpha value is -0.930. The zero-order valence-corrected chi connectivity index (χ0v) is 14.2. The van der Waals surface area contributed by atoms with Crippen molar-refractivity contribution >= 4 is 23.0 Å². The molecule has 1 aliphatic heterocycles. The lowest BCUT2D eigenvalue weighted by Crippen LogP contribution is -2.33. The van der Waals surface area contributed by atoms with Gasteiger partial charge in [0.15, 0.2) is 0 Å². The molecule has 1 aromatic carbocycles. The highest BCUT2D eigenvalue weighted by Crippen LogP contribution is 2.28. The lowest BCUT2D eigenvalue weighted by atomic mass is 10.0. The van der Waals surface area contributed by atoms with Crippen molar-refractivity contribution in [2.45, 2.75) is 51.1 Å². The first-order valence-electron chi connectivity index (χ1n) is 8.03. The monoisotopic (exact) mass is 309 g/mol. The minimum Gasteiger partial charge on any atom is -0.382 e. The first-order chi connectivity index (χ1) is 10.1. The lowest BCUT2D eigenvalue weighted by molar-refractivity contribution is 0.456. The van der Waals surface area contributed by atoms with E-state index < -0.39 is 0 Å². The summed E-state index contributed by atoms with van der Waals surface area (Å²) in [7, 11) is 4.02. The van der Waals surface area contributed by atoms with Gasteiger partial charge in [0.05, 0.1) is 10.7 Å². The zero-order chi connectivity index (χ0) is 15.2. The van der Waals surface area contributed by atoms with E-state index in [4.69, 9.17) is 11.6 Å². The van der Waals surface area contributed by atoms with Crippen LogP contribution >= 0.6 is 11.6 Å². The van der Waals surface area contributed by atoms with E-state index in [0.29, 0.717) is 12.1 Å². The van der Waals surface area contributed by atoms with Crippen molar-refractivity contribution in [3.8, 4) is 0 Å². The molecule has 0 aliphatic carbocycles. The molecule has 0 bridgehead atoms. The molecule has 1 aliphatic rings. The molecule has 1 aromatic rings. The first kappa shape index (κ1) is 16.4. The molecule has 2 unspecified atom stereocenters. The number of nitrogens with one attached hydrogen (secondary N) is 2. The average molecular weight is 310 g/mol. The minimum atomic E-state index is 0.446. The Labute approximate surface area is 134 Å². The normalized spacial score (nSPS) is 20.7. The van der Waals surface area contributed by atoms with Gasteiger partial charge in [0.2, 0.25) is 0 Å². The highest BCUT2D eigenvalue weighted by Gasteiger charge is 2.15. The van der Waals surface area contributed by atoms with Crippen LogP contribution in [0.1, 0.15) is 39.0 Å². The molecule has 2 N–H and O–H groups in total. The molecule has 2 rings (SSSR count). The second-order valence-corrected chi connectivity index (χ2v) is 6.75. The van der Waals surface area contributed by atoms with E-state index in [9.17, 15) is 0 Å². The SMILES string of the molecule is CC(CC1CCCCCN1)Nc1ccc(N(C)C)c(Cl)c1. The predicted octanol–water partition coefficient (Wildman–Crippen LogP) is 4.13. The second-order valence-electron chi connectivity index (χ2n) is 6.34. The number of rotatable bonds is 5. The molecule has 0 spiro atoms. The van der Waals surface area contributed by atoms with Crippen LogP contribution in [0.15, 0.2) is 18.2 Å². The Bertz CT molecular complexity index is 440. The molecule has 3 nitrogen and oxygen atoms in total. The molecule has 1 heterocycles. The third kappa shape index (κ3) is 5.08. The average Bonchev–Trinajstić information content (AvgIpc) is 2.66. The highest BCUT2D eigenvalue weighted by molar-refractivity contribution is 6.33. The van der Waals surface area contributed by atoms with E-state index in [0.717, 1.165) is 22.8 Å². The zero-order valence-electron chi connectivity index (χ0n) is 13.5. The van der Waals surface area contributed by atoms with Gasteiger partial charge in [-0.3, -0.25) is 0 Å². The number of hydrogen-bond acceptors (Lipinski definition) is 3. The van der Waals surface area contributed by atoms with Gasteiger partial charge in [0.1, 0.15) is 0 Å². The molecule has 2 atom stereocenters. The molecule has 1 fully saturated rings. The van der Waals surface area contributed by atoms with Gasteiger partial charge in [-0.25, -0.2) is 0 Å². The van der Waals surface area contributed by atoms with Crippen LogP contribution in [0.5, 0.6) is 0 Å². The molecule has 0 amide bonds. The van der Waals surface area contributed by atoms with Gasteiger partial charge in [-0.15, -0.1) is 0 Å². The van der Waals surface area contributed by atoms with Gasteiger partial charge in [0.25, 0.3) is 0 Å². The van der Waals surface area contributed by atoms with Gasteiger partial charge in [-0.2, -0.15) is 0 Å². The Morgan fingerprint density at radius 2 is 2.14 bits per heavy atom. The fourth-order valence-electron chi connectivity index (χ4n) is 3.03. The minimum absolute atomic E-state index is 0.446. The van der Waals surface area contributed by atoms with Crippen molar-refractivity contribution in [1.29, 1.82) is 0 Å². The standard InChI is InChI=1S/C17H28ClN3/c1-13(11-14-7-5-4-6-10-19-14)20-15-8-9-17(21(2)3)16(18)12-15/h8-9,12-14,19-20H,4-7,10-11H2,1-3H3. The Morgan fingerprint density at radius 1 is 1.33 bits per heavy atom. The number of halogens is 1. The third-order valence-electron chi connectivity index (χ3n) is 4.14. The van der Waals surface area contributed by atoms with Gasteiger partial charge in [0, 0.05) is 31.9 Å². The summed E-state index contributed by atoms with van der Waals surface area (Å²) in [6.45, 7) is 3.42. The van der Waals surface area contributed by atoms with E-state index in [-0.39, 0.29) is 0 Å². The van der Waals surface area contributed by atoms with Crippen molar-refractivity contribution in [3.63, 3.8) is 0 Å². The molecular weight excluding hydrogens is 282 g/mol. The van der Waals surface area contributed by atoms with Crippen molar-refractivity contribution in [2.75, 3.05) is 30.9 Å². The van der Waals surface area contributed by atoms with Crippen LogP contribution < -0.4 is 15.5 Å². The van der Waals surface area contributed by atoms with Crippen LogP contribution in [-0.4, -0.2) is 32.7 Å². The van der Waals surface area contributed by atoms with Crippen molar-refractivity contribution in [2.24, 2.45) is 0 Å². The van der Waals surface area contributed by atoms with E-state index in [1.54, 1.807) is 0 Å². The topological polar surface area (TPSA) is 27.3 Å². The molecule has 0 aromatic heterocycles. The van der Waals surface area contributed by atoms with E-state index >= 15 is 0 Å². The van der Waals surface area contributed by atoms with Crippen LogP contribution in [0.4, 0.5) is 11.4 Å². The largest absolute Gasteiger partial charge is 0.382 e. The van der Waals surface area contributed by atoms with Crippen molar-refractivity contribution in [3.05, 3.63) is 23.2 Å². The smallest absolute Gasteiger partial charge is 0.0659 e. The van der Waals surface area contributed by atoms with Gasteiger partial charge in [-0.1, -0.05) is 24.4 Å². The fourth-order valence-corrected chi connectivity index (χ4v) is 3.38. The molecule has 0 saturated carbocycles. The number of anilines is 2. The van der Waals surface area contributed by atoms with Gasteiger partial charge in [-0.05, 0) is 50.9 Å². The summed E-state index contributed by atoms with van der Waals surface area (Å²) in [4.78, 5) is 2.03. The maximum absolute atomic E-state index is 6.33. The molecule has 118 valence electrons. The van der Waals surface area contributed by atoms with Gasteiger partial charge >= 0.3 is 0 Å². The fraction of sp³-hybridized carbons (Fsp3) is 0.647. The summed E-state index contributed by atoms with van der Waals surface area (Å²) in [5, 5.41) is 8.03. The Morgan fingerprint density at radius 3 is 2.86 bits per heavy atom. The maximum Gasteiger partial charge on any atom is 0.0659 e. The summed E-state index contributed by atoms with van der Waals surface area (Å²) in [6, 6.07) is 7.29. The lowest BCUT2D eigenvalue weighted by Gasteiger charge is -2.23. The van der Waals surface area contributed by atoms with Crippen LogP contribution in [-0.2, 0) is 0 Å². The number of hydrogen-bond donors (Lipinski definition) is 2. The van der Waals surface area contributed by atoms with E-state index in [1.807, 2.05) is 25.1 Å². The number of nitrogens with zero attached hydrogens (tertiary/aromatic N) is 1. The van der Waals surface area contributed by atoms with Crippen molar-refractivity contribution in [1.82, 2.24) is 5.32 Å². The highest BCUT2D eigenvalue weighted by atomic mass is 35.5. The summed E-state index contributed by atoms with van der Waals surface area (Å²) in [5.74, 6) is 0.